The molecular weight excluding hydrogens is 257 g/mol. The third-order valence-corrected chi connectivity index (χ3v) is 5.02. The molecule has 2 aliphatic rings. The minimum Gasteiger partial charge on any atom is -0.450 e. The molecule has 2 bridgehead atoms. The number of para-hydroxylation sites is 1. The minimum atomic E-state index is -0.432. The Kier molecular flexibility index (Phi) is 2.51. The molecule has 3 nitrogen and oxygen atoms in total. The van der Waals surface area contributed by atoms with E-state index in [1.165, 1.54) is 6.07 Å². The molecule has 0 spiro atoms. The number of halogens is 1. The quantitative estimate of drug-likeness (QED) is 0.855. The molecule has 0 aliphatic heterocycles. The van der Waals surface area contributed by atoms with Gasteiger partial charge in [-0.3, -0.25) is 4.79 Å². The number of ketones is 1. The summed E-state index contributed by atoms with van der Waals surface area (Å²) < 4.78 is 19.1. The van der Waals surface area contributed by atoms with Crippen LogP contribution in [0.1, 0.15) is 29.8 Å². The van der Waals surface area contributed by atoms with Gasteiger partial charge in [0, 0.05) is 17.3 Å². The minimum absolute atomic E-state index is 0.0553. The Bertz CT molecular complexity index is 691. The Labute approximate surface area is 115 Å². The van der Waals surface area contributed by atoms with Crippen molar-refractivity contribution in [1.82, 2.24) is 0 Å². The van der Waals surface area contributed by atoms with Gasteiger partial charge in [-0.25, -0.2) is 4.39 Å². The van der Waals surface area contributed by atoms with Gasteiger partial charge in [0.15, 0.2) is 17.2 Å². The number of hydrogen-bond donors (Lipinski definition) is 1. The molecule has 4 unspecified atom stereocenters. The van der Waals surface area contributed by atoms with Crippen molar-refractivity contribution < 1.29 is 13.6 Å². The number of rotatable bonds is 2. The summed E-state index contributed by atoms with van der Waals surface area (Å²) in [5.74, 6) is 0.449. The van der Waals surface area contributed by atoms with Crippen LogP contribution >= 0.6 is 0 Å². The van der Waals surface area contributed by atoms with Crippen molar-refractivity contribution in [2.24, 2.45) is 23.5 Å². The molecule has 104 valence electrons. The second-order valence-corrected chi connectivity index (χ2v) is 6.07. The SMILES string of the molecule is NC1C2CCC(C2)C1C(=O)c1cc2cccc(F)c2o1. The Morgan fingerprint density at radius 3 is 2.80 bits per heavy atom. The molecule has 4 rings (SSSR count). The third-order valence-electron chi connectivity index (χ3n) is 5.02. The zero-order valence-electron chi connectivity index (χ0n) is 11.0. The molecule has 1 aromatic carbocycles. The molecule has 2 N–H and O–H groups in total. The van der Waals surface area contributed by atoms with Crippen LogP contribution in [0.4, 0.5) is 4.39 Å². The first-order valence-corrected chi connectivity index (χ1v) is 7.13. The number of furan rings is 1. The maximum atomic E-state index is 13.6. The van der Waals surface area contributed by atoms with Crippen molar-refractivity contribution in [3.8, 4) is 0 Å². The van der Waals surface area contributed by atoms with E-state index < -0.39 is 5.82 Å². The van der Waals surface area contributed by atoms with Gasteiger partial charge in [-0.2, -0.15) is 0 Å². The largest absolute Gasteiger partial charge is 0.450 e. The van der Waals surface area contributed by atoms with Gasteiger partial charge in [0.1, 0.15) is 0 Å². The zero-order valence-corrected chi connectivity index (χ0v) is 11.0. The Morgan fingerprint density at radius 1 is 1.30 bits per heavy atom. The van der Waals surface area contributed by atoms with E-state index in [2.05, 4.69) is 0 Å². The number of benzene rings is 1. The van der Waals surface area contributed by atoms with Crippen molar-refractivity contribution in [2.75, 3.05) is 0 Å². The van der Waals surface area contributed by atoms with Gasteiger partial charge in [-0.15, -0.1) is 0 Å². The lowest BCUT2D eigenvalue weighted by molar-refractivity contribution is 0.0829. The van der Waals surface area contributed by atoms with Gasteiger partial charge >= 0.3 is 0 Å². The van der Waals surface area contributed by atoms with Crippen molar-refractivity contribution in [2.45, 2.75) is 25.3 Å². The highest BCUT2D eigenvalue weighted by Crippen LogP contribution is 2.48. The summed E-state index contributed by atoms with van der Waals surface area (Å²) in [7, 11) is 0. The Balaban J connectivity index is 1.72. The average molecular weight is 273 g/mol. The Hall–Kier alpha value is -1.68. The van der Waals surface area contributed by atoms with E-state index >= 15 is 0 Å². The van der Waals surface area contributed by atoms with E-state index in [1.807, 2.05) is 0 Å². The Morgan fingerprint density at radius 2 is 2.10 bits per heavy atom. The summed E-state index contributed by atoms with van der Waals surface area (Å²) in [4.78, 5) is 12.6. The first-order valence-electron chi connectivity index (χ1n) is 7.13. The number of carbonyl (C=O) groups is 1. The molecule has 0 radical (unpaired) electrons. The van der Waals surface area contributed by atoms with Gasteiger partial charge in [0.25, 0.3) is 0 Å². The second-order valence-electron chi connectivity index (χ2n) is 6.07. The maximum absolute atomic E-state index is 13.6. The van der Waals surface area contributed by atoms with E-state index in [-0.39, 0.29) is 29.1 Å². The van der Waals surface area contributed by atoms with Gasteiger partial charge in [0.2, 0.25) is 5.78 Å². The highest BCUT2D eigenvalue weighted by molar-refractivity contribution is 6.00. The van der Waals surface area contributed by atoms with Crippen LogP contribution in [0, 0.1) is 23.6 Å². The predicted molar refractivity (Wildman–Crippen MR) is 72.8 cm³/mol. The van der Waals surface area contributed by atoms with Crippen LogP contribution in [0.2, 0.25) is 0 Å². The van der Waals surface area contributed by atoms with Crippen molar-refractivity contribution in [3.63, 3.8) is 0 Å². The number of hydrogen-bond acceptors (Lipinski definition) is 3. The number of carbonyl (C=O) groups excluding carboxylic acids is 1. The van der Waals surface area contributed by atoms with Crippen molar-refractivity contribution in [3.05, 3.63) is 35.8 Å². The molecule has 1 aromatic heterocycles. The van der Waals surface area contributed by atoms with E-state index in [4.69, 9.17) is 10.2 Å². The summed E-state index contributed by atoms with van der Waals surface area (Å²) in [5.41, 5.74) is 6.35. The lowest BCUT2D eigenvalue weighted by Gasteiger charge is -2.25. The summed E-state index contributed by atoms with van der Waals surface area (Å²) in [5, 5.41) is 0.630. The molecule has 0 amide bonds. The van der Waals surface area contributed by atoms with Crippen LogP contribution in [-0.4, -0.2) is 11.8 Å². The van der Waals surface area contributed by atoms with Crippen LogP contribution in [0.25, 0.3) is 11.0 Å². The van der Waals surface area contributed by atoms with E-state index in [0.717, 1.165) is 19.3 Å². The van der Waals surface area contributed by atoms with E-state index in [1.54, 1.807) is 18.2 Å². The smallest absolute Gasteiger partial charge is 0.202 e. The second kappa shape index (κ2) is 4.16. The van der Waals surface area contributed by atoms with Crippen LogP contribution in [0.3, 0.4) is 0 Å². The zero-order chi connectivity index (χ0) is 13.9. The fourth-order valence-electron chi connectivity index (χ4n) is 4.04. The van der Waals surface area contributed by atoms with Crippen LogP contribution in [-0.2, 0) is 0 Å². The highest BCUT2D eigenvalue weighted by Gasteiger charge is 2.49. The number of fused-ring (bicyclic) bond motifs is 3. The standard InChI is InChI=1S/C16H16FNO2/c17-11-3-1-2-10-7-12(20-16(10)11)15(19)13-8-4-5-9(6-8)14(13)18/h1-3,7-9,13-14H,4-6,18H2. The van der Waals surface area contributed by atoms with Gasteiger partial charge in [-0.05, 0) is 43.2 Å². The van der Waals surface area contributed by atoms with Crippen molar-refractivity contribution in [1.29, 1.82) is 0 Å². The fourth-order valence-corrected chi connectivity index (χ4v) is 4.04. The monoisotopic (exact) mass is 273 g/mol. The lowest BCUT2D eigenvalue weighted by atomic mass is 9.81. The third kappa shape index (κ3) is 1.57. The average Bonchev–Trinajstić information content (AvgIpc) is 3.11. The summed E-state index contributed by atoms with van der Waals surface area (Å²) in [6, 6.07) is 6.27. The maximum Gasteiger partial charge on any atom is 0.202 e. The highest BCUT2D eigenvalue weighted by atomic mass is 19.1. The molecule has 2 aliphatic carbocycles. The topological polar surface area (TPSA) is 56.2 Å². The summed E-state index contributed by atoms with van der Waals surface area (Å²) >= 11 is 0. The number of Topliss-reactive ketones (excluding diaryl/α,β-unsaturated/α-hetero) is 1. The molecule has 2 saturated carbocycles. The lowest BCUT2D eigenvalue weighted by Crippen LogP contribution is -2.40. The van der Waals surface area contributed by atoms with Gasteiger partial charge in [-0.1, -0.05) is 12.1 Å². The molecule has 2 fully saturated rings. The molecule has 2 aromatic rings. The van der Waals surface area contributed by atoms with E-state index in [0.29, 0.717) is 17.2 Å². The van der Waals surface area contributed by atoms with Crippen LogP contribution < -0.4 is 5.73 Å². The van der Waals surface area contributed by atoms with Gasteiger partial charge < -0.3 is 10.2 Å². The molecule has 1 heterocycles. The molecular formula is C16H16FNO2. The van der Waals surface area contributed by atoms with E-state index in [9.17, 15) is 9.18 Å². The molecule has 20 heavy (non-hydrogen) atoms. The normalized spacial score (nSPS) is 32.1. The summed E-state index contributed by atoms with van der Waals surface area (Å²) in [6.45, 7) is 0. The number of nitrogens with two attached hydrogens (primary N) is 1. The van der Waals surface area contributed by atoms with Gasteiger partial charge in [0.05, 0.1) is 0 Å². The molecule has 4 atom stereocenters. The predicted octanol–water partition coefficient (Wildman–Crippen LogP) is 3.13. The summed E-state index contributed by atoms with van der Waals surface area (Å²) in [6.07, 6.45) is 3.25. The van der Waals surface area contributed by atoms with Crippen LogP contribution in [0.15, 0.2) is 28.7 Å². The van der Waals surface area contributed by atoms with Crippen molar-refractivity contribution >= 4 is 16.8 Å². The first kappa shape index (κ1) is 12.1. The first-order chi connectivity index (χ1) is 9.65. The molecule has 0 saturated heterocycles. The van der Waals surface area contributed by atoms with Crippen LogP contribution in [0.5, 0.6) is 0 Å². The fraction of sp³-hybridized carbons (Fsp3) is 0.438. The molecule has 4 heteroatoms.